The van der Waals surface area contributed by atoms with Crippen LogP contribution in [0.15, 0.2) is 109 Å². The molecule has 6 aromatic rings. The molecule has 1 heterocycles. The minimum atomic E-state index is 1.22. The SMILES string of the molecule is Cc1cccc(C)c2c3ccccc3n(-c3cccc4ccccc34)c2c(C)c2ccccc12. The molecule has 0 fully saturated rings. The van der Waals surface area contributed by atoms with Gasteiger partial charge in [-0.25, -0.2) is 0 Å². The lowest BCUT2D eigenvalue weighted by Gasteiger charge is -2.13. The van der Waals surface area contributed by atoms with Crippen LogP contribution in [-0.2, 0) is 0 Å². The minimum absolute atomic E-state index is 1.22. The predicted molar refractivity (Wildman–Crippen MR) is 148 cm³/mol. The number of fused-ring (bicyclic) bond motifs is 5. The molecule has 0 N–H and O–H groups in total. The summed E-state index contributed by atoms with van der Waals surface area (Å²) in [5.74, 6) is 0. The molecule has 0 unspecified atom stereocenters. The van der Waals surface area contributed by atoms with Gasteiger partial charge in [0, 0.05) is 16.2 Å². The standard InChI is InChI=1S/C33H27N/c1-22-12-10-13-23(2)32-29-19-8-9-20-31(29)34(30-21-11-15-25-14-4-5-18-28(25)30)33(32)24(3)27-17-7-6-16-26(22)27/h4-21H,1-3H3. The van der Waals surface area contributed by atoms with Gasteiger partial charge in [0.25, 0.3) is 0 Å². The Hall–Kier alpha value is -4.10. The van der Waals surface area contributed by atoms with E-state index in [-0.39, 0.29) is 0 Å². The summed E-state index contributed by atoms with van der Waals surface area (Å²) in [6.07, 6.45) is 0. The van der Waals surface area contributed by atoms with Gasteiger partial charge < -0.3 is 4.57 Å². The number of aromatic nitrogens is 1. The molecule has 0 aliphatic carbocycles. The first kappa shape index (κ1) is 20.5. The summed E-state index contributed by atoms with van der Waals surface area (Å²) in [6, 6.07) is 39.6. The van der Waals surface area contributed by atoms with E-state index >= 15 is 0 Å². The third kappa shape index (κ3) is 3.08. The Kier molecular flexibility index (Phi) is 4.85. The van der Waals surface area contributed by atoms with Crippen LogP contribution >= 0.6 is 0 Å². The van der Waals surface area contributed by atoms with E-state index in [9.17, 15) is 0 Å². The first-order valence-electron chi connectivity index (χ1n) is 11.9. The quantitative estimate of drug-likeness (QED) is 0.242. The van der Waals surface area contributed by atoms with Gasteiger partial charge >= 0.3 is 0 Å². The molecule has 0 amide bonds. The molecule has 0 spiro atoms. The lowest BCUT2D eigenvalue weighted by Crippen LogP contribution is -1.96. The molecule has 0 saturated carbocycles. The monoisotopic (exact) mass is 437 g/mol. The van der Waals surface area contributed by atoms with E-state index in [1.165, 1.54) is 65.7 Å². The van der Waals surface area contributed by atoms with Crippen LogP contribution in [0.1, 0.15) is 16.7 Å². The van der Waals surface area contributed by atoms with Crippen molar-refractivity contribution in [3.63, 3.8) is 0 Å². The van der Waals surface area contributed by atoms with E-state index in [0.29, 0.717) is 0 Å². The average molecular weight is 438 g/mol. The van der Waals surface area contributed by atoms with Crippen LogP contribution in [0.4, 0.5) is 0 Å². The molecular formula is C33H27N. The maximum Gasteiger partial charge on any atom is 0.0579 e. The smallest absolute Gasteiger partial charge is 0.0579 e. The van der Waals surface area contributed by atoms with E-state index in [0.717, 1.165) is 0 Å². The Morgan fingerprint density at radius 1 is 0.471 bits per heavy atom. The average Bonchev–Trinajstić information content (AvgIpc) is 3.22. The van der Waals surface area contributed by atoms with Gasteiger partial charge in [-0.05, 0) is 65.8 Å². The van der Waals surface area contributed by atoms with Crippen molar-refractivity contribution in [3.05, 3.63) is 126 Å². The van der Waals surface area contributed by atoms with Crippen molar-refractivity contribution < 1.29 is 0 Å². The normalized spacial score (nSPS) is 11.4. The van der Waals surface area contributed by atoms with Crippen molar-refractivity contribution in [1.82, 2.24) is 4.57 Å². The highest BCUT2D eigenvalue weighted by atomic mass is 15.0. The van der Waals surface area contributed by atoms with Gasteiger partial charge in [-0.1, -0.05) is 97.1 Å². The zero-order valence-corrected chi connectivity index (χ0v) is 19.8. The molecule has 0 radical (unpaired) electrons. The fourth-order valence-electron chi connectivity index (χ4n) is 5.44. The van der Waals surface area contributed by atoms with E-state index in [4.69, 9.17) is 0 Å². The van der Waals surface area contributed by atoms with Crippen LogP contribution in [0, 0.1) is 20.8 Å². The molecule has 0 atom stereocenters. The van der Waals surface area contributed by atoms with Gasteiger partial charge in [-0.2, -0.15) is 0 Å². The fraction of sp³-hybridized carbons (Fsp3) is 0.0909. The van der Waals surface area contributed by atoms with Crippen molar-refractivity contribution >= 4 is 43.4 Å². The van der Waals surface area contributed by atoms with E-state index < -0.39 is 0 Å². The van der Waals surface area contributed by atoms with Crippen molar-refractivity contribution in [3.8, 4) is 5.69 Å². The minimum Gasteiger partial charge on any atom is -0.308 e. The zero-order chi connectivity index (χ0) is 23.2. The number of benzene rings is 4. The number of rotatable bonds is 1. The summed E-state index contributed by atoms with van der Waals surface area (Å²) in [5.41, 5.74) is 7.55. The summed E-state index contributed by atoms with van der Waals surface area (Å²) in [5, 5.41) is 7.67. The first-order valence-corrected chi connectivity index (χ1v) is 11.9. The summed E-state index contributed by atoms with van der Waals surface area (Å²) < 4.78 is 2.48. The van der Waals surface area contributed by atoms with Crippen molar-refractivity contribution in [2.75, 3.05) is 0 Å². The maximum atomic E-state index is 2.48. The Bertz CT molecular complexity index is 1780. The van der Waals surface area contributed by atoms with Gasteiger partial charge in [0.1, 0.15) is 0 Å². The van der Waals surface area contributed by atoms with Crippen molar-refractivity contribution in [1.29, 1.82) is 0 Å². The topological polar surface area (TPSA) is 4.93 Å². The van der Waals surface area contributed by atoms with Crippen LogP contribution in [0.3, 0.4) is 0 Å². The summed E-state index contributed by atoms with van der Waals surface area (Å²) in [6.45, 7) is 6.72. The van der Waals surface area contributed by atoms with Crippen LogP contribution in [0.25, 0.3) is 49.0 Å². The molecule has 1 nitrogen and oxygen atoms in total. The molecule has 1 heteroatoms. The summed E-state index contributed by atoms with van der Waals surface area (Å²) in [7, 11) is 0. The molecular weight excluding hydrogens is 410 g/mol. The molecule has 0 saturated heterocycles. The Morgan fingerprint density at radius 2 is 1.06 bits per heavy atom. The number of hydrogen-bond acceptors (Lipinski definition) is 0. The Labute approximate surface area is 200 Å². The fourth-order valence-corrected chi connectivity index (χ4v) is 5.44. The highest BCUT2D eigenvalue weighted by Crippen LogP contribution is 2.38. The van der Waals surface area contributed by atoms with E-state index in [1.54, 1.807) is 0 Å². The zero-order valence-electron chi connectivity index (χ0n) is 19.8. The van der Waals surface area contributed by atoms with Gasteiger partial charge in [0.15, 0.2) is 0 Å². The number of para-hydroxylation sites is 1. The molecule has 1 aromatic heterocycles. The lowest BCUT2D eigenvalue weighted by atomic mass is 10.0. The van der Waals surface area contributed by atoms with Gasteiger partial charge in [0.05, 0.1) is 16.7 Å². The Morgan fingerprint density at radius 3 is 1.88 bits per heavy atom. The van der Waals surface area contributed by atoms with Crippen LogP contribution in [-0.4, -0.2) is 4.57 Å². The third-order valence-electron chi connectivity index (χ3n) is 7.08. The Balaban J connectivity index is 1.98. The summed E-state index contributed by atoms with van der Waals surface area (Å²) in [4.78, 5) is 0. The third-order valence-corrected chi connectivity index (χ3v) is 7.08. The second-order valence-electron chi connectivity index (χ2n) is 9.14. The van der Waals surface area contributed by atoms with Gasteiger partial charge in [-0.15, -0.1) is 0 Å². The molecule has 5 aromatic carbocycles. The molecule has 34 heavy (non-hydrogen) atoms. The van der Waals surface area contributed by atoms with Crippen molar-refractivity contribution in [2.24, 2.45) is 0 Å². The van der Waals surface area contributed by atoms with Crippen LogP contribution in [0.5, 0.6) is 0 Å². The van der Waals surface area contributed by atoms with E-state index in [1.807, 2.05) is 0 Å². The highest BCUT2D eigenvalue weighted by Gasteiger charge is 2.16. The van der Waals surface area contributed by atoms with Gasteiger partial charge in [0.2, 0.25) is 0 Å². The van der Waals surface area contributed by atoms with Gasteiger partial charge in [-0.3, -0.25) is 0 Å². The van der Waals surface area contributed by atoms with E-state index in [2.05, 4.69) is 135 Å². The van der Waals surface area contributed by atoms with Crippen LogP contribution in [0.2, 0.25) is 0 Å². The second kappa shape index (κ2) is 8.04. The first-order chi connectivity index (χ1) is 16.6. The molecule has 0 aliphatic heterocycles. The number of hydrogen-bond donors (Lipinski definition) is 0. The maximum absolute atomic E-state index is 2.48. The number of aryl methyl sites for hydroxylation is 3. The molecule has 164 valence electrons. The summed E-state index contributed by atoms with van der Waals surface area (Å²) >= 11 is 0. The van der Waals surface area contributed by atoms with Crippen molar-refractivity contribution in [2.45, 2.75) is 20.8 Å². The molecule has 6 rings (SSSR count). The lowest BCUT2D eigenvalue weighted by molar-refractivity contribution is 1.19. The predicted octanol–water partition coefficient (Wildman–Crippen LogP) is 9.14. The van der Waals surface area contributed by atoms with Crippen LogP contribution < -0.4 is 0 Å². The molecule has 0 bridgehead atoms. The molecule has 0 aliphatic rings. The number of nitrogens with zero attached hydrogens (tertiary/aromatic N) is 1. The second-order valence-corrected chi connectivity index (χ2v) is 9.14. The largest absolute Gasteiger partial charge is 0.308 e. The highest BCUT2D eigenvalue weighted by molar-refractivity contribution is 6.14.